The molecule has 0 spiro atoms. The van der Waals surface area contributed by atoms with Gasteiger partial charge in [0.1, 0.15) is 0 Å². The summed E-state index contributed by atoms with van der Waals surface area (Å²) in [6, 6.07) is 2.18. The Morgan fingerprint density at radius 3 is 2.83 bits per heavy atom. The van der Waals surface area contributed by atoms with Crippen LogP contribution >= 0.6 is 0 Å². The lowest BCUT2D eigenvalue weighted by Crippen LogP contribution is -2.26. The maximum Gasteiger partial charge on any atom is 0.0947 e. The van der Waals surface area contributed by atoms with E-state index in [1.807, 2.05) is 28.8 Å². The molecule has 0 saturated heterocycles. The maximum atomic E-state index is 4.46. The molecular weight excluding hydrogens is 226 g/mol. The van der Waals surface area contributed by atoms with Gasteiger partial charge < -0.3 is 9.88 Å². The van der Waals surface area contributed by atoms with E-state index in [0.717, 1.165) is 25.2 Å². The standard InChI is InChI=1S/C13H21N5/c1-4-7-14-13(11-9-17(3)10-15-11)12-6-8-16-18(12)5-2/h6,8-10,13-14H,4-5,7H2,1-3H3. The molecule has 18 heavy (non-hydrogen) atoms. The first-order valence-corrected chi connectivity index (χ1v) is 6.49. The van der Waals surface area contributed by atoms with E-state index < -0.39 is 0 Å². The third-order valence-corrected chi connectivity index (χ3v) is 2.96. The summed E-state index contributed by atoms with van der Waals surface area (Å²) in [7, 11) is 1.99. The van der Waals surface area contributed by atoms with Gasteiger partial charge in [0.2, 0.25) is 0 Å². The molecule has 2 heterocycles. The Kier molecular flexibility index (Phi) is 4.15. The molecule has 5 heteroatoms. The highest BCUT2D eigenvalue weighted by Crippen LogP contribution is 2.20. The van der Waals surface area contributed by atoms with E-state index >= 15 is 0 Å². The van der Waals surface area contributed by atoms with E-state index in [-0.39, 0.29) is 6.04 Å². The van der Waals surface area contributed by atoms with Crippen molar-refractivity contribution in [2.45, 2.75) is 32.9 Å². The third-order valence-electron chi connectivity index (χ3n) is 2.96. The van der Waals surface area contributed by atoms with E-state index in [1.54, 1.807) is 0 Å². The van der Waals surface area contributed by atoms with Crippen LogP contribution in [0.1, 0.15) is 37.7 Å². The SMILES string of the molecule is CCCNC(c1cn(C)cn1)c1ccnn1CC. The second-order valence-corrected chi connectivity index (χ2v) is 4.42. The Bertz CT molecular complexity index is 485. The van der Waals surface area contributed by atoms with Crippen molar-refractivity contribution >= 4 is 0 Å². The summed E-state index contributed by atoms with van der Waals surface area (Å²) in [5.74, 6) is 0. The van der Waals surface area contributed by atoms with Gasteiger partial charge in [0.25, 0.3) is 0 Å². The molecule has 2 rings (SSSR count). The van der Waals surface area contributed by atoms with Gasteiger partial charge >= 0.3 is 0 Å². The fraction of sp³-hybridized carbons (Fsp3) is 0.538. The molecule has 0 aromatic carbocycles. The Hall–Kier alpha value is -1.62. The van der Waals surface area contributed by atoms with Crippen LogP contribution in [0.4, 0.5) is 0 Å². The zero-order chi connectivity index (χ0) is 13.0. The lowest BCUT2D eigenvalue weighted by atomic mass is 10.1. The van der Waals surface area contributed by atoms with Gasteiger partial charge in [-0.25, -0.2) is 4.98 Å². The van der Waals surface area contributed by atoms with Crippen LogP contribution < -0.4 is 5.32 Å². The van der Waals surface area contributed by atoms with Crippen LogP contribution in [0.25, 0.3) is 0 Å². The zero-order valence-corrected chi connectivity index (χ0v) is 11.3. The van der Waals surface area contributed by atoms with Gasteiger partial charge in [0.05, 0.1) is 23.8 Å². The molecule has 0 amide bonds. The largest absolute Gasteiger partial charge is 0.340 e. The molecule has 1 N–H and O–H groups in total. The van der Waals surface area contributed by atoms with Crippen LogP contribution in [0.2, 0.25) is 0 Å². The van der Waals surface area contributed by atoms with Gasteiger partial charge in [0, 0.05) is 26.0 Å². The van der Waals surface area contributed by atoms with Crippen molar-refractivity contribution in [3.05, 3.63) is 36.2 Å². The summed E-state index contributed by atoms with van der Waals surface area (Å²) in [6.45, 7) is 6.11. The lowest BCUT2D eigenvalue weighted by Gasteiger charge is -2.17. The van der Waals surface area contributed by atoms with Crippen molar-refractivity contribution < 1.29 is 0 Å². The summed E-state index contributed by atoms with van der Waals surface area (Å²) >= 11 is 0. The first kappa shape index (κ1) is 12.8. The Morgan fingerprint density at radius 2 is 2.22 bits per heavy atom. The molecule has 0 saturated carbocycles. The molecule has 1 unspecified atom stereocenters. The van der Waals surface area contributed by atoms with E-state index in [2.05, 4.69) is 41.5 Å². The highest BCUT2D eigenvalue weighted by Gasteiger charge is 2.19. The average molecular weight is 247 g/mol. The first-order valence-electron chi connectivity index (χ1n) is 6.49. The second kappa shape index (κ2) is 5.82. The summed E-state index contributed by atoms with van der Waals surface area (Å²) in [6.07, 6.45) is 6.84. The molecule has 0 radical (unpaired) electrons. The summed E-state index contributed by atoms with van der Waals surface area (Å²) in [5.41, 5.74) is 2.21. The van der Waals surface area contributed by atoms with Gasteiger partial charge in [-0.2, -0.15) is 5.10 Å². The first-order chi connectivity index (χ1) is 8.76. The van der Waals surface area contributed by atoms with Crippen LogP contribution in [-0.2, 0) is 13.6 Å². The summed E-state index contributed by atoms with van der Waals surface area (Å²) in [4.78, 5) is 4.46. The molecule has 2 aromatic rings. The molecule has 0 aliphatic heterocycles. The predicted molar refractivity (Wildman–Crippen MR) is 71.2 cm³/mol. The van der Waals surface area contributed by atoms with Crippen LogP contribution in [0.3, 0.4) is 0 Å². The van der Waals surface area contributed by atoms with E-state index in [0.29, 0.717) is 0 Å². The van der Waals surface area contributed by atoms with E-state index in [9.17, 15) is 0 Å². The molecule has 5 nitrogen and oxygen atoms in total. The summed E-state index contributed by atoms with van der Waals surface area (Å²) in [5, 5.41) is 7.88. The van der Waals surface area contributed by atoms with Crippen LogP contribution in [0.15, 0.2) is 24.8 Å². The fourth-order valence-corrected chi connectivity index (χ4v) is 2.08. The summed E-state index contributed by atoms with van der Waals surface area (Å²) < 4.78 is 3.99. The number of imidazole rings is 1. The van der Waals surface area contributed by atoms with Crippen molar-refractivity contribution in [2.75, 3.05) is 6.54 Å². The number of nitrogens with zero attached hydrogens (tertiary/aromatic N) is 4. The number of aryl methyl sites for hydroxylation is 2. The minimum absolute atomic E-state index is 0.119. The molecule has 0 aliphatic rings. The van der Waals surface area contributed by atoms with E-state index in [4.69, 9.17) is 0 Å². The molecule has 1 atom stereocenters. The van der Waals surface area contributed by atoms with Gasteiger partial charge in [-0.1, -0.05) is 6.92 Å². The zero-order valence-electron chi connectivity index (χ0n) is 11.3. The Morgan fingerprint density at radius 1 is 1.39 bits per heavy atom. The van der Waals surface area contributed by atoms with Gasteiger partial charge in [-0.15, -0.1) is 0 Å². The molecule has 0 bridgehead atoms. The Balaban J connectivity index is 2.30. The van der Waals surface area contributed by atoms with Crippen molar-refractivity contribution in [1.82, 2.24) is 24.6 Å². The highest BCUT2D eigenvalue weighted by molar-refractivity contribution is 5.20. The van der Waals surface area contributed by atoms with Crippen LogP contribution in [0.5, 0.6) is 0 Å². The average Bonchev–Trinajstić information content (AvgIpc) is 2.99. The molecule has 0 aliphatic carbocycles. The smallest absolute Gasteiger partial charge is 0.0947 e. The van der Waals surface area contributed by atoms with Gasteiger partial charge in [-0.05, 0) is 26.0 Å². The highest BCUT2D eigenvalue weighted by atomic mass is 15.3. The van der Waals surface area contributed by atoms with Gasteiger partial charge in [0.15, 0.2) is 0 Å². The molecule has 2 aromatic heterocycles. The number of hydrogen-bond donors (Lipinski definition) is 1. The minimum Gasteiger partial charge on any atom is -0.340 e. The fourth-order valence-electron chi connectivity index (χ4n) is 2.08. The number of nitrogens with one attached hydrogen (secondary N) is 1. The monoisotopic (exact) mass is 247 g/mol. The van der Waals surface area contributed by atoms with E-state index in [1.165, 1.54) is 5.69 Å². The quantitative estimate of drug-likeness (QED) is 0.845. The maximum absolute atomic E-state index is 4.46. The normalized spacial score (nSPS) is 12.8. The van der Waals surface area contributed by atoms with Crippen molar-refractivity contribution in [3.63, 3.8) is 0 Å². The molecule has 98 valence electrons. The van der Waals surface area contributed by atoms with Crippen LogP contribution in [0, 0.1) is 0 Å². The minimum atomic E-state index is 0.119. The predicted octanol–water partition coefficient (Wildman–Crippen LogP) is 1.73. The number of aromatic nitrogens is 4. The van der Waals surface area contributed by atoms with Crippen molar-refractivity contribution in [3.8, 4) is 0 Å². The second-order valence-electron chi connectivity index (χ2n) is 4.42. The topological polar surface area (TPSA) is 47.7 Å². The number of hydrogen-bond acceptors (Lipinski definition) is 3. The van der Waals surface area contributed by atoms with Crippen molar-refractivity contribution in [1.29, 1.82) is 0 Å². The lowest BCUT2D eigenvalue weighted by molar-refractivity contribution is 0.523. The molecule has 0 fully saturated rings. The number of rotatable bonds is 6. The third kappa shape index (κ3) is 2.61. The van der Waals surface area contributed by atoms with Crippen LogP contribution in [-0.4, -0.2) is 25.9 Å². The van der Waals surface area contributed by atoms with Crippen molar-refractivity contribution in [2.24, 2.45) is 7.05 Å². The molecular formula is C13H21N5. The van der Waals surface area contributed by atoms with Gasteiger partial charge in [-0.3, -0.25) is 4.68 Å². The Labute approximate surface area is 108 Å².